The Balaban J connectivity index is 1.91. The van der Waals surface area contributed by atoms with Gasteiger partial charge in [-0.15, -0.1) is 0 Å². The van der Waals surface area contributed by atoms with Crippen molar-refractivity contribution in [1.29, 1.82) is 0 Å². The standard InChI is InChI=1S/C14H16N4O2/c1-20-14(19)9-6-7-18(8-9)13-12(15)16-10-4-2-3-5-11(10)17-13/h2-5,9H,6-8H2,1H3,(H2,15,16). The number of carbonyl (C=O) groups excluding carboxylic acids is 1. The van der Waals surface area contributed by atoms with Crippen LogP contribution in [-0.2, 0) is 9.53 Å². The summed E-state index contributed by atoms with van der Waals surface area (Å²) >= 11 is 0. The predicted octanol–water partition coefficient (Wildman–Crippen LogP) is 1.21. The van der Waals surface area contributed by atoms with Crippen LogP contribution in [0.5, 0.6) is 0 Å². The zero-order chi connectivity index (χ0) is 14.1. The van der Waals surface area contributed by atoms with E-state index in [1.165, 1.54) is 7.11 Å². The van der Waals surface area contributed by atoms with Crippen molar-refractivity contribution in [1.82, 2.24) is 9.97 Å². The summed E-state index contributed by atoms with van der Waals surface area (Å²) < 4.78 is 4.79. The second-order valence-electron chi connectivity index (χ2n) is 4.88. The van der Waals surface area contributed by atoms with Crippen LogP contribution in [0, 0.1) is 5.92 Å². The highest BCUT2D eigenvalue weighted by Crippen LogP contribution is 2.28. The Morgan fingerprint density at radius 2 is 2.05 bits per heavy atom. The molecule has 1 unspecified atom stereocenters. The fourth-order valence-corrected chi connectivity index (χ4v) is 2.55. The lowest BCUT2D eigenvalue weighted by atomic mass is 10.1. The number of nitrogen functional groups attached to an aromatic ring is 1. The molecule has 1 saturated heterocycles. The monoisotopic (exact) mass is 272 g/mol. The summed E-state index contributed by atoms with van der Waals surface area (Å²) in [5, 5.41) is 0. The molecule has 6 heteroatoms. The van der Waals surface area contributed by atoms with E-state index in [9.17, 15) is 4.79 Å². The highest BCUT2D eigenvalue weighted by Gasteiger charge is 2.31. The van der Waals surface area contributed by atoms with Crippen LogP contribution in [0.1, 0.15) is 6.42 Å². The Morgan fingerprint density at radius 1 is 1.35 bits per heavy atom. The molecule has 1 fully saturated rings. The molecule has 3 rings (SSSR count). The van der Waals surface area contributed by atoms with Crippen LogP contribution >= 0.6 is 0 Å². The van der Waals surface area contributed by atoms with Gasteiger partial charge in [0.2, 0.25) is 0 Å². The van der Waals surface area contributed by atoms with Crippen LogP contribution in [0.15, 0.2) is 24.3 Å². The lowest BCUT2D eigenvalue weighted by Crippen LogP contribution is -2.25. The molecule has 104 valence electrons. The SMILES string of the molecule is COC(=O)C1CCN(c2nc3ccccc3nc2N)C1. The molecule has 6 nitrogen and oxygen atoms in total. The van der Waals surface area contributed by atoms with Gasteiger partial charge in [0.25, 0.3) is 0 Å². The Bertz CT molecular complexity index is 659. The number of ether oxygens (including phenoxy) is 1. The number of benzene rings is 1. The van der Waals surface area contributed by atoms with Crippen molar-refractivity contribution >= 4 is 28.6 Å². The van der Waals surface area contributed by atoms with Gasteiger partial charge in [-0.1, -0.05) is 12.1 Å². The van der Waals surface area contributed by atoms with E-state index in [2.05, 4.69) is 9.97 Å². The number of para-hydroxylation sites is 2. The van der Waals surface area contributed by atoms with E-state index in [-0.39, 0.29) is 11.9 Å². The number of esters is 1. The first-order chi connectivity index (χ1) is 9.69. The molecular formula is C14H16N4O2. The minimum absolute atomic E-state index is 0.118. The molecule has 0 aliphatic carbocycles. The molecule has 1 aliphatic rings. The molecule has 0 spiro atoms. The summed E-state index contributed by atoms with van der Waals surface area (Å²) in [6, 6.07) is 7.60. The minimum Gasteiger partial charge on any atom is -0.469 e. The number of hydrogen-bond donors (Lipinski definition) is 1. The maximum absolute atomic E-state index is 11.6. The first kappa shape index (κ1) is 12.7. The van der Waals surface area contributed by atoms with Crippen molar-refractivity contribution in [3.63, 3.8) is 0 Å². The molecule has 1 aromatic carbocycles. The van der Waals surface area contributed by atoms with Gasteiger partial charge in [-0.3, -0.25) is 4.79 Å². The van der Waals surface area contributed by atoms with Gasteiger partial charge in [0.05, 0.1) is 24.1 Å². The number of fused-ring (bicyclic) bond motifs is 1. The minimum atomic E-state index is -0.181. The van der Waals surface area contributed by atoms with Crippen molar-refractivity contribution in [2.24, 2.45) is 5.92 Å². The second kappa shape index (κ2) is 4.96. The van der Waals surface area contributed by atoms with Crippen molar-refractivity contribution in [3.05, 3.63) is 24.3 Å². The van der Waals surface area contributed by atoms with Gasteiger partial charge in [-0.25, -0.2) is 9.97 Å². The number of rotatable bonds is 2. The van der Waals surface area contributed by atoms with E-state index in [1.54, 1.807) is 0 Å². The third-order valence-electron chi connectivity index (χ3n) is 3.60. The van der Waals surface area contributed by atoms with Crippen LogP contribution in [0.25, 0.3) is 11.0 Å². The Kier molecular flexibility index (Phi) is 3.14. The van der Waals surface area contributed by atoms with E-state index < -0.39 is 0 Å². The zero-order valence-corrected chi connectivity index (χ0v) is 11.2. The maximum atomic E-state index is 11.6. The average Bonchev–Trinajstić information content (AvgIpc) is 2.95. The summed E-state index contributed by atoms with van der Waals surface area (Å²) in [4.78, 5) is 22.5. The lowest BCUT2D eigenvalue weighted by molar-refractivity contribution is -0.144. The number of methoxy groups -OCH3 is 1. The van der Waals surface area contributed by atoms with Crippen molar-refractivity contribution in [2.45, 2.75) is 6.42 Å². The fraction of sp³-hybridized carbons (Fsp3) is 0.357. The summed E-state index contributed by atoms with van der Waals surface area (Å²) in [6.07, 6.45) is 0.751. The molecule has 0 amide bonds. The van der Waals surface area contributed by atoms with Gasteiger partial charge in [0.1, 0.15) is 0 Å². The Morgan fingerprint density at radius 3 is 2.75 bits per heavy atom. The average molecular weight is 272 g/mol. The molecule has 0 radical (unpaired) electrons. The summed E-state index contributed by atoms with van der Waals surface area (Å²) in [5.41, 5.74) is 7.57. The molecule has 0 saturated carbocycles. The molecule has 1 atom stereocenters. The molecule has 1 aliphatic heterocycles. The summed E-state index contributed by atoms with van der Waals surface area (Å²) in [5.74, 6) is 0.747. The van der Waals surface area contributed by atoms with E-state index in [0.717, 1.165) is 24.0 Å². The zero-order valence-electron chi connectivity index (χ0n) is 11.2. The normalized spacial score (nSPS) is 18.4. The molecular weight excluding hydrogens is 256 g/mol. The van der Waals surface area contributed by atoms with E-state index in [4.69, 9.17) is 10.5 Å². The highest BCUT2D eigenvalue weighted by atomic mass is 16.5. The number of carbonyl (C=O) groups is 1. The molecule has 2 aromatic rings. The van der Waals surface area contributed by atoms with Gasteiger partial charge in [0, 0.05) is 13.1 Å². The Labute approximate surface area is 116 Å². The predicted molar refractivity (Wildman–Crippen MR) is 76.3 cm³/mol. The largest absolute Gasteiger partial charge is 0.469 e. The number of anilines is 2. The van der Waals surface area contributed by atoms with Crippen LogP contribution in [0.2, 0.25) is 0 Å². The lowest BCUT2D eigenvalue weighted by Gasteiger charge is -2.18. The van der Waals surface area contributed by atoms with E-state index >= 15 is 0 Å². The van der Waals surface area contributed by atoms with Gasteiger partial charge in [-0.2, -0.15) is 0 Å². The number of aromatic nitrogens is 2. The van der Waals surface area contributed by atoms with Crippen LogP contribution < -0.4 is 10.6 Å². The Hall–Kier alpha value is -2.37. The first-order valence-corrected chi connectivity index (χ1v) is 6.54. The van der Waals surface area contributed by atoms with Crippen LogP contribution in [0.3, 0.4) is 0 Å². The third kappa shape index (κ3) is 2.13. The van der Waals surface area contributed by atoms with Gasteiger partial charge in [0.15, 0.2) is 11.6 Å². The van der Waals surface area contributed by atoms with E-state index in [1.807, 2.05) is 29.2 Å². The summed E-state index contributed by atoms with van der Waals surface area (Å²) in [6.45, 7) is 1.31. The second-order valence-corrected chi connectivity index (χ2v) is 4.88. The smallest absolute Gasteiger partial charge is 0.310 e. The number of hydrogen-bond acceptors (Lipinski definition) is 6. The van der Waals surface area contributed by atoms with Crippen molar-refractivity contribution < 1.29 is 9.53 Å². The fourth-order valence-electron chi connectivity index (χ4n) is 2.55. The van der Waals surface area contributed by atoms with Gasteiger partial charge < -0.3 is 15.4 Å². The van der Waals surface area contributed by atoms with Crippen molar-refractivity contribution in [2.75, 3.05) is 30.8 Å². The van der Waals surface area contributed by atoms with Crippen molar-refractivity contribution in [3.8, 4) is 0 Å². The number of nitrogens with zero attached hydrogens (tertiary/aromatic N) is 3. The summed E-state index contributed by atoms with van der Waals surface area (Å²) in [7, 11) is 1.41. The number of nitrogens with two attached hydrogens (primary N) is 1. The molecule has 2 heterocycles. The molecule has 0 bridgehead atoms. The quantitative estimate of drug-likeness (QED) is 0.828. The van der Waals surface area contributed by atoms with Gasteiger partial charge in [-0.05, 0) is 18.6 Å². The van der Waals surface area contributed by atoms with Crippen LogP contribution in [-0.4, -0.2) is 36.1 Å². The molecule has 2 N–H and O–H groups in total. The first-order valence-electron chi connectivity index (χ1n) is 6.54. The van der Waals surface area contributed by atoms with Crippen LogP contribution in [0.4, 0.5) is 11.6 Å². The third-order valence-corrected chi connectivity index (χ3v) is 3.60. The van der Waals surface area contributed by atoms with Gasteiger partial charge >= 0.3 is 5.97 Å². The topological polar surface area (TPSA) is 81.3 Å². The molecule has 1 aromatic heterocycles. The maximum Gasteiger partial charge on any atom is 0.310 e. The molecule has 20 heavy (non-hydrogen) atoms. The van der Waals surface area contributed by atoms with E-state index in [0.29, 0.717) is 18.2 Å². The highest BCUT2D eigenvalue weighted by molar-refractivity contribution is 5.80.